The first kappa shape index (κ1) is 16.2. The molecule has 1 atom stereocenters. The van der Waals surface area contributed by atoms with E-state index in [1.165, 1.54) is 0 Å². The van der Waals surface area contributed by atoms with Crippen molar-refractivity contribution in [1.29, 1.82) is 0 Å². The number of nitrogens with one attached hydrogen (secondary N) is 1. The van der Waals surface area contributed by atoms with Crippen molar-refractivity contribution in [2.75, 3.05) is 24.7 Å². The molecule has 0 bridgehead atoms. The summed E-state index contributed by atoms with van der Waals surface area (Å²) in [6.45, 7) is 10.6. The Labute approximate surface area is 120 Å². The number of hydrogen-bond donors (Lipinski definition) is 2. The standard InChI is InChI=1S/C14H25N3OS/c1-9(7-18)8-19-12-10(2)11(15-6)16-13(17-12)14(3,4)5/h9,18H,7-8H2,1-6H3,(H,15,16,17). The van der Waals surface area contributed by atoms with Gasteiger partial charge in [-0.3, -0.25) is 0 Å². The highest BCUT2D eigenvalue weighted by Crippen LogP contribution is 2.29. The summed E-state index contributed by atoms with van der Waals surface area (Å²) in [7, 11) is 1.88. The zero-order valence-electron chi connectivity index (χ0n) is 12.7. The Morgan fingerprint density at radius 2 is 1.95 bits per heavy atom. The second-order valence-electron chi connectivity index (χ2n) is 5.92. The van der Waals surface area contributed by atoms with E-state index in [1.807, 2.05) is 20.9 Å². The molecule has 0 saturated heterocycles. The van der Waals surface area contributed by atoms with E-state index >= 15 is 0 Å². The molecule has 19 heavy (non-hydrogen) atoms. The number of aliphatic hydroxyl groups excluding tert-OH is 1. The molecule has 0 fully saturated rings. The topological polar surface area (TPSA) is 58.0 Å². The maximum atomic E-state index is 9.11. The molecule has 2 N–H and O–H groups in total. The predicted molar refractivity (Wildman–Crippen MR) is 82.0 cm³/mol. The van der Waals surface area contributed by atoms with E-state index in [4.69, 9.17) is 5.11 Å². The lowest BCUT2D eigenvalue weighted by atomic mass is 9.95. The first-order valence-corrected chi connectivity index (χ1v) is 7.58. The molecule has 0 aromatic carbocycles. The lowest BCUT2D eigenvalue weighted by molar-refractivity contribution is 0.250. The highest BCUT2D eigenvalue weighted by Gasteiger charge is 2.21. The highest BCUT2D eigenvalue weighted by atomic mass is 32.2. The number of rotatable bonds is 5. The number of nitrogens with zero attached hydrogens (tertiary/aromatic N) is 2. The molecule has 1 aromatic heterocycles. The molecule has 0 radical (unpaired) electrons. The van der Waals surface area contributed by atoms with Crippen molar-refractivity contribution < 1.29 is 5.11 Å². The SMILES string of the molecule is CNc1nc(C(C)(C)C)nc(SCC(C)CO)c1C. The van der Waals surface area contributed by atoms with Crippen LogP contribution in [0.3, 0.4) is 0 Å². The Hall–Kier alpha value is -0.810. The molecule has 4 nitrogen and oxygen atoms in total. The van der Waals surface area contributed by atoms with Gasteiger partial charge in [-0.15, -0.1) is 11.8 Å². The van der Waals surface area contributed by atoms with Crippen molar-refractivity contribution in [2.24, 2.45) is 5.92 Å². The Morgan fingerprint density at radius 3 is 2.42 bits per heavy atom. The summed E-state index contributed by atoms with van der Waals surface area (Å²) in [5, 5.41) is 13.2. The van der Waals surface area contributed by atoms with Gasteiger partial charge in [0.25, 0.3) is 0 Å². The van der Waals surface area contributed by atoms with Crippen molar-refractivity contribution >= 4 is 17.6 Å². The lowest BCUT2D eigenvalue weighted by Gasteiger charge is -2.20. The molecular weight excluding hydrogens is 258 g/mol. The van der Waals surface area contributed by atoms with E-state index in [1.54, 1.807) is 11.8 Å². The van der Waals surface area contributed by atoms with Crippen LogP contribution in [0.15, 0.2) is 5.03 Å². The first-order chi connectivity index (χ1) is 8.79. The fourth-order valence-electron chi connectivity index (χ4n) is 1.49. The van der Waals surface area contributed by atoms with Gasteiger partial charge in [-0.1, -0.05) is 27.7 Å². The smallest absolute Gasteiger partial charge is 0.137 e. The summed E-state index contributed by atoms with van der Waals surface area (Å²) in [4.78, 5) is 9.27. The number of aromatic nitrogens is 2. The van der Waals surface area contributed by atoms with Crippen LogP contribution in [0.4, 0.5) is 5.82 Å². The monoisotopic (exact) mass is 283 g/mol. The molecule has 0 aliphatic heterocycles. The van der Waals surface area contributed by atoms with Crippen molar-refractivity contribution in [3.05, 3.63) is 11.4 Å². The summed E-state index contributed by atoms with van der Waals surface area (Å²) in [5.41, 5.74) is 1.00. The van der Waals surface area contributed by atoms with Gasteiger partial charge < -0.3 is 10.4 Å². The average molecular weight is 283 g/mol. The molecule has 0 aliphatic rings. The average Bonchev–Trinajstić information content (AvgIpc) is 2.35. The largest absolute Gasteiger partial charge is 0.396 e. The number of aliphatic hydroxyl groups is 1. The van der Waals surface area contributed by atoms with Crippen molar-refractivity contribution in [3.63, 3.8) is 0 Å². The normalized spacial score (nSPS) is 13.4. The second-order valence-corrected chi connectivity index (χ2v) is 6.93. The molecule has 0 spiro atoms. The Balaban J connectivity index is 3.08. The maximum Gasteiger partial charge on any atom is 0.137 e. The van der Waals surface area contributed by atoms with Crippen LogP contribution >= 0.6 is 11.8 Å². The molecule has 1 aromatic rings. The van der Waals surface area contributed by atoms with E-state index < -0.39 is 0 Å². The number of thioether (sulfide) groups is 1. The van der Waals surface area contributed by atoms with Crippen LogP contribution in [0.5, 0.6) is 0 Å². The van der Waals surface area contributed by atoms with Gasteiger partial charge >= 0.3 is 0 Å². The van der Waals surface area contributed by atoms with E-state index in [2.05, 4.69) is 36.1 Å². The summed E-state index contributed by atoms with van der Waals surface area (Å²) < 4.78 is 0. The molecular formula is C14H25N3OS. The van der Waals surface area contributed by atoms with Gasteiger partial charge in [-0.2, -0.15) is 0 Å². The zero-order chi connectivity index (χ0) is 14.6. The third kappa shape index (κ3) is 4.35. The fraction of sp³-hybridized carbons (Fsp3) is 0.714. The minimum atomic E-state index is -0.0722. The zero-order valence-corrected chi connectivity index (χ0v) is 13.6. The van der Waals surface area contributed by atoms with Crippen molar-refractivity contribution in [2.45, 2.75) is 45.1 Å². The van der Waals surface area contributed by atoms with Crippen LogP contribution in [0.1, 0.15) is 39.1 Å². The Kier molecular flexibility index (Phi) is 5.62. The molecule has 1 unspecified atom stereocenters. The maximum absolute atomic E-state index is 9.11. The molecule has 5 heteroatoms. The van der Waals surface area contributed by atoms with Crippen molar-refractivity contribution in [3.8, 4) is 0 Å². The second kappa shape index (κ2) is 6.57. The van der Waals surface area contributed by atoms with Gasteiger partial charge in [0.05, 0.1) is 0 Å². The van der Waals surface area contributed by atoms with Crippen molar-refractivity contribution in [1.82, 2.24) is 9.97 Å². The number of hydrogen-bond acceptors (Lipinski definition) is 5. The third-order valence-corrected chi connectivity index (χ3v) is 4.23. The van der Waals surface area contributed by atoms with E-state index in [9.17, 15) is 0 Å². The van der Waals surface area contributed by atoms with Crippen LogP contribution in [0.25, 0.3) is 0 Å². The fourth-order valence-corrected chi connectivity index (χ4v) is 2.50. The Morgan fingerprint density at radius 1 is 1.32 bits per heavy atom. The van der Waals surface area contributed by atoms with Gasteiger partial charge in [0.15, 0.2) is 0 Å². The minimum absolute atomic E-state index is 0.0722. The predicted octanol–water partition coefficient (Wildman–Crippen LogP) is 2.84. The molecule has 0 saturated carbocycles. The van der Waals surface area contributed by atoms with E-state index in [0.29, 0.717) is 0 Å². The number of anilines is 1. The van der Waals surface area contributed by atoms with Gasteiger partial charge in [0.1, 0.15) is 16.7 Å². The van der Waals surface area contributed by atoms with Gasteiger partial charge in [-0.05, 0) is 12.8 Å². The van der Waals surface area contributed by atoms with Gasteiger partial charge in [0, 0.05) is 30.4 Å². The molecule has 0 aliphatic carbocycles. The van der Waals surface area contributed by atoms with E-state index in [-0.39, 0.29) is 17.9 Å². The van der Waals surface area contributed by atoms with Crippen LogP contribution in [0, 0.1) is 12.8 Å². The third-order valence-electron chi connectivity index (χ3n) is 2.83. The van der Waals surface area contributed by atoms with Crippen LogP contribution in [-0.4, -0.2) is 34.5 Å². The summed E-state index contributed by atoms with van der Waals surface area (Å²) in [5.74, 6) is 2.87. The summed E-state index contributed by atoms with van der Waals surface area (Å²) in [6.07, 6.45) is 0. The molecule has 1 rings (SSSR count). The van der Waals surface area contributed by atoms with Crippen LogP contribution in [0.2, 0.25) is 0 Å². The molecule has 0 amide bonds. The van der Waals surface area contributed by atoms with Crippen LogP contribution < -0.4 is 5.32 Å². The first-order valence-electron chi connectivity index (χ1n) is 6.60. The minimum Gasteiger partial charge on any atom is -0.396 e. The van der Waals surface area contributed by atoms with Gasteiger partial charge in [-0.25, -0.2) is 9.97 Å². The summed E-state index contributed by atoms with van der Waals surface area (Å²) in [6, 6.07) is 0. The lowest BCUT2D eigenvalue weighted by Crippen LogP contribution is -2.18. The Bertz CT molecular complexity index is 429. The molecule has 1 heterocycles. The van der Waals surface area contributed by atoms with E-state index in [0.717, 1.165) is 28.0 Å². The summed E-state index contributed by atoms with van der Waals surface area (Å²) >= 11 is 1.69. The highest BCUT2D eigenvalue weighted by molar-refractivity contribution is 7.99. The molecule has 108 valence electrons. The van der Waals surface area contributed by atoms with Gasteiger partial charge in [0.2, 0.25) is 0 Å². The quantitative estimate of drug-likeness (QED) is 0.643. The van der Waals surface area contributed by atoms with Crippen LogP contribution in [-0.2, 0) is 5.41 Å².